The van der Waals surface area contributed by atoms with Gasteiger partial charge in [0, 0.05) is 23.6 Å². The topological polar surface area (TPSA) is 51.2 Å². The number of benzene rings is 2. The Morgan fingerprint density at radius 1 is 1.17 bits per heavy atom. The maximum Gasteiger partial charge on any atom is 0.221 e. The number of rotatable bonds is 5. The summed E-state index contributed by atoms with van der Waals surface area (Å²) < 4.78 is 18.6. The van der Waals surface area contributed by atoms with E-state index < -0.39 is 0 Å². The predicted octanol–water partition coefficient (Wildman–Crippen LogP) is 4.49. The third-order valence-corrected chi connectivity index (χ3v) is 4.14. The normalized spacial score (nSPS) is 10.4. The number of nitrogens with zero attached hydrogens (tertiary/aromatic N) is 1. The van der Waals surface area contributed by atoms with Gasteiger partial charge in [-0.05, 0) is 48.5 Å². The number of amides is 1. The van der Waals surface area contributed by atoms with Crippen LogP contribution in [0.1, 0.15) is 12.6 Å². The van der Waals surface area contributed by atoms with Crippen LogP contribution < -0.4 is 10.1 Å². The van der Waals surface area contributed by atoms with E-state index in [9.17, 15) is 9.18 Å². The molecule has 1 heterocycles. The molecule has 0 spiro atoms. The van der Waals surface area contributed by atoms with E-state index in [1.807, 2.05) is 5.38 Å². The smallest absolute Gasteiger partial charge is 0.221 e. The van der Waals surface area contributed by atoms with Crippen molar-refractivity contribution in [2.45, 2.75) is 13.5 Å². The van der Waals surface area contributed by atoms with Crippen molar-refractivity contribution < 1.29 is 13.9 Å². The summed E-state index contributed by atoms with van der Waals surface area (Å²) in [7, 11) is 0. The number of carbonyl (C=O) groups excluding carboxylic acids is 1. The maximum absolute atomic E-state index is 13.0. The van der Waals surface area contributed by atoms with Gasteiger partial charge in [-0.1, -0.05) is 0 Å². The Morgan fingerprint density at radius 3 is 2.54 bits per heavy atom. The molecule has 24 heavy (non-hydrogen) atoms. The van der Waals surface area contributed by atoms with E-state index in [0.29, 0.717) is 12.4 Å². The van der Waals surface area contributed by atoms with E-state index >= 15 is 0 Å². The molecular weight excluding hydrogens is 327 g/mol. The molecule has 6 heteroatoms. The fourth-order valence-corrected chi connectivity index (χ4v) is 2.90. The van der Waals surface area contributed by atoms with Crippen LogP contribution in [0.25, 0.3) is 10.6 Å². The minimum atomic E-state index is -0.262. The summed E-state index contributed by atoms with van der Waals surface area (Å²) >= 11 is 1.49. The second-order valence-electron chi connectivity index (χ2n) is 5.15. The van der Waals surface area contributed by atoms with Gasteiger partial charge >= 0.3 is 0 Å². The first-order valence-electron chi connectivity index (χ1n) is 7.31. The molecule has 122 valence electrons. The second kappa shape index (κ2) is 7.23. The van der Waals surface area contributed by atoms with Crippen molar-refractivity contribution in [2.75, 3.05) is 5.32 Å². The van der Waals surface area contributed by atoms with Crippen LogP contribution >= 0.6 is 11.3 Å². The van der Waals surface area contributed by atoms with Crippen molar-refractivity contribution in [3.05, 3.63) is 65.4 Å². The summed E-state index contributed by atoms with van der Waals surface area (Å²) in [5.41, 5.74) is 2.42. The number of thiazole rings is 1. The number of hydrogen-bond donors (Lipinski definition) is 1. The lowest BCUT2D eigenvalue weighted by molar-refractivity contribution is -0.114. The zero-order valence-corrected chi connectivity index (χ0v) is 13.8. The van der Waals surface area contributed by atoms with Crippen LogP contribution in [0, 0.1) is 5.82 Å². The molecule has 2 aromatic carbocycles. The summed E-state index contributed by atoms with van der Waals surface area (Å²) in [6.45, 7) is 1.81. The van der Waals surface area contributed by atoms with Gasteiger partial charge in [0.1, 0.15) is 23.2 Å². The lowest BCUT2D eigenvalue weighted by Crippen LogP contribution is -2.05. The van der Waals surface area contributed by atoms with Gasteiger partial charge in [-0.3, -0.25) is 4.79 Å². The summed E-state index contributed by atoms with van der Waals surface area (Å²) in [5, 5.41) is 5.45. The molecule has 1 aromatic heterocycles. The van der Waals surface area contributed by atoms with Gasteiger partial charge in [0.25, 0.3) is 0 Å². The van der Waals surface area contributed by atoms with Gasteiger partial charge in [0.2, 0.25) is 5.91 Å². The fourth-order valence-electron chi connectivity index (χ4n) is 2.09. The molecule has 1 N–H and O–H groups in total. The van der Waals surface area contributed by atoms with Crippen molar-refractivity contribution in [1.29, 1.82) is 0 Å². The first-order valence-corrected chi connectivity index (χ1v) is 8.19. The van der Waals surface area contributed by atoms with Gasteiger partial charge in [-0.15, -0.1) is 11.3 Å². The molecule has 1 amide bonds. The Morgan fingerprint density at radius 2 is 1.88 bits per heavy atom. The lowest BCUT2D eigenvalue weighted by Gasteiger charge is -2.06. The zero-order chi connectivity index (χ0) is 16.9. The molecule has 0 bridgehead atoms. The third kappa shape index (κ3) is 4.17. The van der Waals surface area contributed by atoms with Crippen LogP contribution in [0.5, 0.6) is 5.75 Å². The lowest BCUT2D eigenvalue weighted by atomic mass is 10.2. The largest absolute Gasteiger partial charge is 0.487 e. The highest BCUT2D eigenvalue weighted by Crippen LogP contribution is 2.25. The van der Waals surface area contributed by atoms with Crippen LogP contribution in [0.2, 0.25) is 0 Å². The van der Waals surface area contributed by atoms with Crippen molar-refractivity contribution in [1.82, 2.24) is 4.98 Å². The molecule has 0 saturated heterocycles. The van der Waals surface area contributed by atoms with E-state index in [4.69, 9.17) is 4.74 Å². The summed E-state index contributed by atoms with van der Waals surface area (Å²) in [6, 6.07) is 13.4. The van der Waals surface area contributed by atoms with Gasteiger partial charge in [0.05, 0.1) is 5.69 Å². The third-order valence-electron chi connectivity index (χ3n) is 3.20. The predicted molar refractivity (Wildman–Crippen MR) is 92.6 cm³/mol. The van der Waals surface area contributed by atoms with E-state index in [1.165, 1.54) is 30.4 Å². The number of halogens is 1. The Balaban J connectivity index is 1.61. The Bertz CT molecular complexity index is 829. The van der Waals surface area contributed by atoms with E-state index in [1.54, 1.807) is 36.4 Å². The number of aromatic nitrogens is 1. The molecule has 3 aromatic rings. The highest BCUT2D eigenvalue weighted by atomic mass is 32.1. The highest BCUT2D eigenvalue weighted by Gasteiger charge is 2.06. The number of carbonyl (C=O) groups is 1. The van der Waals surface area contributed by atoms with Crippen molar-refractivity contribution in [2.24, 2.45) is 0 Å². The molecule has 4 nitrogen and oxygen atoms in total. The summed E-state index contributed by atoms with van der Waals surface area (Å²) in [6.07, 6.45) is 0. The molecule has 0 aliphatic heterocycles. The molecule has 3 rings (SSSR count). The Hall–Kier alpha value is -2.73. The SMILES string of the molecule is CC(=O)Nc1ccc(OCc2csc(-c3ccc(F)cc3)n2)cc1. The van der Waals surface area contributed by atoms with Crippen LogP contribution in [0.4, 0.5) is 10.1 Å². The van der Waals surface area contributed by atoms with Gasteiger partial charge in [-0.25, -0.2) is 9.37 Å². The summed E-state index contributed by atoms with van der Waals surface area (Å²) in [5.74, 6) is 0.321. The molecule has 0 unspecified atom stereocenters. The fraction of sp³-hybridized carbons (Fsp3) is 0.111. The highest BCUT2D eigenvalue weighted by molar-refractivity contribution is 7.13. The molecule has 0 atom stereocenters. The quantitative estimate of drug-likeness (QED) is 0.743. The average Bonchev–Trinajstić information content (AvgIpc) is 3.03. The van der Waals surface area contributed by atoms with Crippen molar-refractivity contribution >= 4 is 22.9 Å². The standard InChI is InChI=1S/C18H15FN2O2S/c1-12(22)20-15-6-8-17(9-7-15)23-10-16-11-24-18(21-16)13-2-4-14(19)5-3-13/h2-9,11H,10H2,1H3,(H,20,22). The van der Waals surface area contributed by atoms with Crippen LogP contribution in [-0.4, -0.2) is 10.9 Å². The first-order chi connectivity index (χ1) is 11.6. The minimum Gasteiger partial charge on any atom is -0.487 e. The second-order valence-corrected chi connectivity index (χ2v) is 6.00. The molecule has 0 saturated carbocycles. The molecule has 0 aliphatic carbocycles. The Labute approximate surface area is 142 Å². The molecule has 0 fully saturated rings. The van der Waals surface area contributed by atoms with Gasteiger partial charge in [0.15, 0.2) is 0 Å². The van der Waals surface area contributed by atoms with E-state index in [-0.39, 0.29) is 11.7 Å². The summed E-state index contributed by atoms with van der Waals surface area (Å²) in [4.78, 5) is 15.5. The van der Waals surface area contributed by atoms with Gasteiger partial charge in [-0.2, -0.15) is 0 Å². The monoisotopic (exact) mass is 342 g/mol. The van der Waals surface area contributed by atoms with Crippen LogP contribution in [0.15, 0.2) is 53.9 Å². The zero-order valence-electron chi connectivity index (χ0n) is 13.0. The number of anilines is 1. The Kier molecular flexibility index (Phi) is 4.86. The minimum absolute atomic E-state index is 0.112. The van der Waals surface area contributed by atoms with Gasteiger partial charge < -0.3 is 10.1 Å². The van der Waals surface area contributed by atoms with E-state index in [0.717, 1.165) is 22.0 Å². The van der Waals surface area contributed by atoms with E-state index in [2.05, 4.69) is 10.3 Å². The van der Waals surface area contributed by atoms with Crippen molar-refractivity contribution in [3.63, 3.8) is 0 Å². The number of hydrogen-bond acceptors (Lipinski definition) is 4. The molecule has 0 aliphatic rings. The molecule has 0 radical (unpaired) electrons. The maximum atomic E-state index is 13.0. The number of nitrogens with one attached hydrogen (secondary N) is 1. The average molecular weight is 342 g/mol. The van der Waals surface area contributed by atoms with Crippen molar-refractivity contribution in [3.8, 4) is 16.3 Å². The van der Waals surface area contributed by atoms with Crippen LogP contribution in [0.3, 0.4) is 0 Å². The first kappa shape index (κ1) is 16.1. The number of ether oxygens (including phenoxy) is 1. The van der Waals surface area contributed by atoms with Crippen LogP contribution in [-0.2, 0) is 11.4 Å². The molecular formula is C18H15FN2O2S.